The molecule has 3 rings (SSSR count). The minimum Gasteiger partial charge on any atom is -0.495 e. The van der Waals surface area contributed by atoms with Gasteiger partial charge in [0.2, 0.25) is 11.9 Å². The minimum atomic E-state index is -0.687. The molecule has 2 heterocycles. The molecule has 3 amide bonds. The van der Waals surface area contributed by atoms with Crippen molar-refractivity contribution < 1.29 is 14.3 Å². The van der Waals surface area contributed by atoms with Gasteiger partial charge in [-0.1, -0.05) is 12.1 Å². The third-order valence-corrected chi connectivity index (χ3v) is 4.50. The molecule has 0 aliphatic carbocycles. The number of amides is 3. The van der Waals surface area contributed by atoms with Crippen molar-refractivity contribution in [1.82, 2.24) is 20.2 Å². The Balaban J connectivity index is 1.50. The molecule has 9 nitrogen and oxygen atoms in total. The van der Waals surface area contributed by atoms with Gasteiger partial charge in [0.15, 0.2) is 0 Å². The highest BCUT2D eigenvalue weighted by atomic mass is 16.5. The zero-order chi connectivity index (χ0) is 19.9. The lowest BCUT2D eigenvalue weighted by molar-refractivity contribution is -0.117. The SMILES string of the molecule is COc1ccccc1NC(=O)C(C)NC(=O)N1CCN(c2ncccn2)CC1. The summed E-state index contributed by atoms with van der Waals surface area (Å²) >= 11 is 0. The van der Waals surface area contributed by atoms with E-state index in [9.17, 15) is 9.59 Å². The predicted molar refractivity (Wildman–Crippen MR) is 105 cm³/mol. The molecule has 148 valence electrons. The number of carbonyl (C=O) groups is 2. The quantitative estimate of drug-likeness (QED) is 0.807. The van der Waals surface area contributed by atoms with Crippen LogP contribution in [0.25, 0.3) is 0 Å². The van der Waals surface area contributed by atoms with Gasteiger partial charge in [0, 0.05) is 38.6 Å². The number of benzene rings is 1. The first-order valence-corrected chi connectivity index (χ1v) is 9.10. The summed E-state index contributed by atoms with van der Waals surface area (Å²) in [6, 6.07) is 7.94. The largest absolute Gasteiger partial charge is 0.495 e. The Bertz CT molecular complexity index is 808. The Morgan fingerprint density at radius 1 is 1.07 bits per heavy atom. The smallest absolute Gasteiger partial charge is 0.318 e. The zero-order valence-corrected chi connectivity index (χ0v) is 16.0. The number of urea groups is 1. The molecule has 1 aliphatic heterocycles. The Hall–Kier alpha value is -3.36. The number of nitrogens with one attached hydrogen (secondary N) is 2. The number of para-hydroxylation sites is 2. The fourth-order valence-electron chi connectivity index (χ4n) is 2.90. The summed E-state index contributed by atoms with van der Waals surface area (Å²) in [6.07, 6.45) is 3.40. The van der Waals surface area contributed by atoms with Crippen LogP contribution in [0.1, 0.15) is 6.92 Å². The maximum atomic E-state index is 12.5. The van der Waals surface area contributed by atoms with Gasteiger partial charge in [-0.25, -0.2) is 14.8 Å². The lowest BCUT2D eigenvalue weighted by Gasteiger charge is -2.35. The zero-order valence-electron chi connectivity index (χ0n) is 16.0. The van der Waals surface area contributed by atoms with Crippen LogP contribution in [0.5, 0.6) is 5.75 Å². The third-order valence-electron chi connectivity index (χ3n) is 4.50. The maximum Gasteiger partial charge on any atom is 0.318 e. The molecule has 0 spiro atoms. The van der Waals surface area contributed by atoms with Crippen LogP contribution >= 0.6 is 0 Å². The van der Waals surface area contributed by atoms with Crippen LogP contribution < -0.4 is 20.3 Å². The number of aromatic nitrogens is 2. The van der Waals surface area contributed by atoms with Crippen molar-refractivity contribution in [1.29, 1.82) is 0 Å². The Morgan fingerprint density at radius 3 is 2.43 bits per heavy atom. The second kappa shape index (κ2) is 9.03. The fourth-order valence-corrected chi connectivity index (χ4v) is 2.90. The van der Waals surface area contributed by atoms with Crippen molar-refractivity contribution in [2.24, 2.45) is 0 Å². The number of piperazine rings is 1. The number of nitrogens with zero attached hydrogens (tertiary/aromatic N) is 4. The molecular weight excluding hydrogens is 360 g/mol. The number of ether oxygens (including phenoxy) is 1. The van der Waals surface area contributed by atoms with E-state index in [1.807, 2.05) is 11.0 Å². The van der Waals surface area contributed by atoms with Crippen molar-refractivity contribution in [2.45, 2.75) is 13.0 Å². The number of carbonyl (C=O) groups excluding carboxylic acids is 2. The van der Waals surface area contributed by atoms with Crippen LogP contribution in [-0.4, -0.2) is 66.1 Å². The van der Waals surface area contributed by atoms with Gasteiger partial charge < -0.3 is 25.2 Å². The molecule has 1 fully saturated rings. The summed E-state index contributed by atoms with van der Waals surface area (Å²) in [4.78, 5) is 37.1. The van der Waals surface area contributed by atoms with Crippen LogP contribution in [-0.2, 0) is 4.79 Å². The summed E-state index contributed by atoms with van der Waals surface area (Å²) in [6.45, 7) is 3.99. The molecule has 1 saturated heterocycles. The average Bonchev–Trinajstić information content (AvgIpc) is 2.74. The Kier molecular flexibility index (Phi) is 6.25. The first-order chi connectivity index (χ1) is 13.6. The summed E-state index contributed by atoms with van der Waals surface area (Å²) in [5.41, 5.74) is 0.563. The van der Waals surface area contributed by atoms with Crippen LogP contribution in [0.3, 0.4) is 0 Å². The minimum absolute atomic E-state index is 0.267. The molecule has 28 heavy (non-hydrogen) atoms. The van der Waals surface area contributed by atoms with Gasteiger partial charge in [-0.05, 0) is 25.1 Å². The lowest BCUT2D eigenvalue weighted by atomic mass is 10.2. The van der Waals surface area contributed by atoms with Gasteiger partial charge >= 0.3 is 6.03 Å². The van der Waals surface area contributed by atoms with Gasteiger partial charge in [-0.2, -0.15) is 0 Å². The van der Waals surface area contributed by atoms with Crippen molar-refractivity contribution in [2.75, 3.05) is 43.5 Å². The first kappa shape index (κ1) is 19.4. The summed E-state index contributed by atoms with van der Waals surface area (Å²) in [5, 5.41) is 5.52. The summed E-state index contributed by atoms with van der Waals surface area (Å²) < 4.78 is 5.22. The van der Waals surface area contributed by atoms with E-state index in [1.165, 1.54) is 7.11 Å². The maximum absolute atomic E-state index is 12.5. The molecule has 2 aromatic rings. The van der Waals surface area contributed by atoms with E-state index in [0.29, 0.717) is 43.6 Å². The molecule has 9 heteroatoms. The second-order valence-corrected chi connectivity index (χ2v) is 6.38. The Morgan fingerprint density at radius 2 is 1.75 bits per heavy atom. The number of rotatable bonds is 5. The molecule has 2 N–H and O–H groups in total. The van der Waals surface area contributed by atoms with Crippen molar-refractivity contribution in [3.63, 3.8) is 0 Å². The molecule has 1 aromatic heterocycles. The molecule has 0 saturated carbocycles. The van der Waals surface area contributed by atoms with E-state index in [0.717, 1.165) is 0 Å². The second-order valence-electron chi connectivity index (χ2n) is 6.38. The number of hydrogen-bond acceptors (Lipinski definition) is 6. The van der Waals surface area contributed by atoms with E-state index in [2.05, 4.69) is 20.6 Å². The third kappa shape index (κ3) is 4.67. The van der Waals surface area contributed by atoms with Crippen LogP contribution in [0.4, 0.5) is 16.4 Å². The van der Waals surface area contributed by atoms with Gasteiger partial charge in [-0.3, -0.25) is 4.79 Å². The summed E-state index contributed by atoms with van der Waals surface area (Å²) in [5.74, 6) is 0.912. The van der Waals surface area contributed by atoms with Gasteiger partial charge in [0.05, 0.1) is 12.8 Å². The monoisotopic (exact) mass is 384 g/mol. The van der Waals surface area contributed by atoms with E-state index in [1.54, 1.807) is 48.5 Å². The van der Waals surface area contributed by atoms with E-state index < -0.39 is 6.04 Å². The van der Waals surface area contributed by atoms with E-state index in [-0.39, 0.29) is 11.9 Å². The Labute approximate surface area is 163 Å². The average molecular weight is 384 g/mol. The molecule has 1 aromatic carbocycles. The fraction of sp³-hybridized carbons (Fsp3) is 0.368. The highest BCUT2D eigenvalue weighted by Crippen LogP contribution is 2.23. The predicted octanol–water partition coefficient (Wildman–Crippen LogP) is 1.34. The van der Waals surface area contributed by atoms with Gasteiger partial charge in [0.25, 0.3) is 0 Å². The molecule has 0 radical (unpaired) electrons. The molecule has 1 unspecified atom stereocenters. The molecule has 1 aliphatic rings. The van der Waals surface area contributed by atoms with Gasteiger partial charge in [-0.15, -0.1) is 0 Å². The molecule has 0 bridgehead atoms. The highest BCUT2D eigenvalue weighted by molar-refractivity contribution is 5.97. The van der Waals surface area contributed by atoms with Crippen molar-refractivity contribution in [3.05, 3.63) is 42.7 Å². The van der Waals surface area contributed by atoms with E-state index in [4.69, 9.17) is 4.74 Å². The van der Waals surface area contributed by atoms with Crippen molar-refractivity contribution >= 4 is 23.6 Å². The normalized spacial score (nSPS) is 14.9. The van der Waals surface area contributed by atoms with Crippen LogP contribution in [0.15, 0.2) is 42.7 Å². The molecular formula is C19H24N6O3. The number of hydrogen-bond donors (Lipinski definition) is 2. The lowest BCUT2D eigenvalue weighted by Crippen LogP contribution is -2.55. The van der Waals surface area contributed by atoms with Crippen molar-refractivity contribution in [3.8, 4) is 5.75 Å². The van der Waals surface area contributed by atoms with Crippen LogP contribution in [0.2, 0.25) is 0 Å². The number of methoxy groups -OCH3 is 1. The topological polar surface area (TPSA) is 99.7 Å². The first-order valence-electron chi connectivity index (χ1n) is 9.10. The van der Waals surface area contributed by atoms with Gasteiger partial charge in [0.1, 0.15) is 11.8 Å². The van der Waals surface area contributed by atoms with E-state index >= 15 is 0 Å². The molecule has 1 atom stereocenters. The highest BCUT2D eigenvalue weighted by Gasteiger charge is 2.25. The summed E-state index contributed by atoms with van der Waals surface area (Å²) in [7, 11) is 1.54. The number of anilines is 2. The standard InChI is InChI=1S/C19H24N6O3/c1-14(17(26)23-15-6-3-4-7-16(15)28-2)22-19(27)25-12-10-24(11-13-25)18-20-8-5-9-21-18/h3-9,14H,10-13H2,1-2H3,(H,22,27)(H,23,26). The van der Waals surface area contributed by atoms with Crippen LogP contribution in [0, 0.1) is 0 Å².